The highest BCUT2D eigenvalue weighted by atomic mass is 16.2. The number of hydrogen-bond donors (Lipinski definition) is 0. The van der Waals surface area contributed by atoms with E-state index in [1.165, 1.54) is 11.1 Å². The molecule has 4 nitrogen and oxygen atoms in total. The molecular weight excluding hydrogens is 372 g/mol. The van der Waals surface area contributed by atoms with E-state index < -0.39 is 0 Å². The van der Waals surface area contributed by atoms with Crippen LogP contribution >= 0.6 is 0 Å². The van der Waals surface area contributed by atoms with Gasteiger partial charge < -0.3 is 9.47 Å². The summed E-state index contributed by atoms with van der Waals surface area (Å²) in [5.41, 5.74) is 3.51. The SMILES string of the molecule is O=C(CC(c1ccccc1)c1ccccc1)N1CC2CC(C1)c1cccc(=O)n1C2. The largest absolute Gasteiger partial charge is 0.342 e. The molecule has 3 heterocycles. The van der Waals surface area contributed by atoms with Gasteiger partial charge >= 0.3 is 0 Å². The van der Waals surface area contributed by atoms with Crippen molar-refractivity contribution in [1.29, 1.82) is 0 Å². The third-order valence-electron chi connectivity index (χ3n) is 6.62. The number of rotatable bonds is 4. The Kier molecular flexibility index (Phi) is 4.99. The van der Waals surface area contributed by atoms with Gasteiger partial charge in [0.15, 0.2) is 0 Å². The highest BCUT2D eigenvalue weighted by Crippen LogP contribution is 2.36. The second-order valence-corrected chi connectivity index (χ2v) is 8.57. The molecule has 2 unspecified atom stereocenters. The molecule has 0 N–H and O–H groups in total. The minimum Gasteiger partial charge on any atom is -0.342 e. The highest BCUT2D eigenvalue weighted by Gasteiger charge is 2.36. The Balaban J connectivity index is 1.39. The van der Waals surface area contributed by atoms with Crippen molar-refractivity contribution in [3.63, 3.8) is 0 Å². The molecule has 0 aliphatic carbocycles. The van der Waals surface area contributed by atoms with Crippen LogP contribution in [0, 0.1) is 5.92 Å². The van der Waals surface area contributed by atoms with Gasteiger partial charge in [-0.25, -0.2) is 0 Å². The first-order chi connectivity index (χ1) is 14.7. The molecule has 2 aliphatic rings. The lowest BCUT2D eigenvalue weighted by Crippen LogP contribution is -2.49. The quantitative estimate of drug-likeness (QED) is 0.666. The molecule has 5 rings (SSSR count). The second kappa shape index (κ2) is 7.94. The maximum Gasteiger partial charge on any atom is 0.250 e. The Labute approximate surface area is 176 Å². The van der Waals surface area contributed by atoms with Gasteiger partial charge in [0, 0.05) is 49.7 Å². The van der Waals surface area contributed by atoms with Gasteiger partial charge in [-0.05, 0) is 29.5 Å². The Hall–Kier alpha value is -3.14. The van der Waals surface area contributed by atoms with Crippen molar-refractivity contribution in [2.24, 2.45) is 5.92 Å². The molecule has 1 saturated heterocycles. The first kappa shape index (κ1) is 18.9. The van der Waals surface area contributed by atoms with Gasteiger partial charge in [-0.15, -0.1) is 0 Å². The molecule has 0 radical (unpaired) electrons. The lowest BCUT2D eigenvalue weighted by molar-refractivity contribution is -0.134. The summed E-state index contributed by atoms with van der Waals surface area (Å²) in [6.07, 6.45) is 1.53. The van der Waals surface area contributed by atoms with Gasteiger partial charge in [0.25, 0.3) is 5.56 Å². The van der Waals surface area contributed by atoms with Crippen molar-refractivity contribution in [1.82, 2.24) is 9.47 Å². The fraction of sp³-hybridized carbons (Fsp3) is 0.308. The first-order valence-electron chi connectivity index (χ1n) is 10.8. The molecule has 0 saturated carbocycles. The number of carbonyl (C=O) groups excluding carboxylic acids is 1. The number of nitrogens with zero attached hydrogens (tertiary/aromatic N) is 2. The van der Waals surface area contributed by atoms with Crippen molar-refractivity contribution in [3.8, 4) is 0 Å². The predicted molar refractivity (Wildman–Crippen MR) is 117 cm³/mol. The van der Waals surface area contributed by atoms with Crippen LogP contribution in [0.15, 0.2) is 83.7 Å². The van der Waals surface area contributed by atoms with Crippen LogP contribution in [0.4, 0.5) is 0 Å². The van der Waals surface area contributed by atoms with E-state index in [4.69, 9.17) is 0 Å². The summed E-state index contributed by atoms with van der Waals surface area (Å²) in [5, 5.41) is 0. The van der Waals surface area contributed by atoms with E-state index >= 15 is 0 Å². The number of aromatic nitrogens is 1. The Morgan fingerprint density at radius 2 is 1.50 bits per heavy atom. The van der Waals surface area contributed by atoms with Crippen molar-refractivity contribution in [2.45, 2.75) is 31.2 Å². The highest BCUT2D eigenvalue weighted by molar-refractivity contribution is 5.78. The van der Waals surface area contributed by atoms with Crippen LogP contribution in [0.5, 0.6) is 0 Å². The van der Waals surface area contributed by atoms with Crippen molar-refractivity contribution < 1.29 is 4.79 Å². The lowest BCUT2D eigenvalue weighted by atomic mass is 9.82. The van der Waals surface area contributed by atoms with Crippen molar-refractivity contribution in [2.75, 3.05) is 13.1 Å². The number of fused-ring (bicyclic) bond motifs is 4. The average molecular weight is 399 g/mol. The molecule has 152 valence electrons. The average Bonchev–Trinajstić information content (AvgIpc) is 2.79. The summed E-state index contributed by atoms with van der Waals surface area (Å²) in [7, 11) is 0. The maximum atomic E-state index is 13.4. The second-order valence-electron chi connectivity index (χ2n) is 8.57. The Morgan fingerprint density at radius 3 is 2.17 bits per heavy atom. The maximum absolute atomic E-state index is 13.4. The smallest absolute Gasteiger partial charge is 0.250 e. The summed E-state index contributed by atoms with van der Waals surface area (Å²) in [6, 6.07) is 26.1. The Morgan fingerprint density at radius 1 is 0.833 bits per heavy atom. The molecule has 2 bridgehead atoms. The van der Waals surface area contributed by atoms with E-state index in [1.807, 2.05) is 58.0 Å². The van der Waals surface area contributed by atoms with E-state index in [1.54, 1.807) is 6.07 Å². The Bertz CT molecular complexity index is 1050. The number of carbonyl (C=O) groups is 1. The normalized spacial score (nSPS) is 20.1. The molecule has 1 amide bonds. The summed E-state index contributed by atoms with van der Waals surface area (Å²) in [6.45, 7) is 2.16. The number of likely N-dealkylation sites (tertiary alicyclic amines) is 1. The van der Waals surface area contributed by atoms with Crippen LogP contribution in [-0.2, 0) is 11.3 Å². The number of benzene rings is 2. The molecule has 1 fully saturated rings. The van der Waals surface area contributed by atoms with Gasteiger partial charge in [-0.2, -0.15) is 0 Å². The van der Waals surface area contributed by atoms with E-state index in [9.17, 15) is 9.59 Å². The number of hydrogen-bond acceptors (Lipinski definition) is 2. The standard InChI is InChI=1S/C26H26N2O2/c29-25-13-7-12-24-22-14-19(17-28(24)25)16-27(18-22)26(30)15-23(20-8-3-1-4-9-20)21-10-5-2-6-11-21/h1-13,19,22-23H,14-18H2. The fourth-order valence-corrected chi connectivity index (χ4v) is 5.20. The number of amides is 1. The molecule has 2 aromatic carbocycles. The molecule has 30 heavy (non-hydrogen) atoms. The van der Waals surface area contributed by atoms with Gasteiger partial charge in [-0.1, -0.05) is 66.7 Å². The molecule has 2 atom stereocenters. The molecule has 2 aliphatic heterocycles. The van der Waals surface area contributed by atoms with Gasteiger partial charge in [-0.3, -0.25) is 9.59 Å². The molecule has 3 aromatic rings. The minimum atomic E-state index is 0.0524. The first-order valence-corrected chi connectivity index (χ1v) is 10.8. The fourth-order valence-electron chi connectivity index (χ4n) is 5.20. The predicted octanol–water partition coefficient (Wildman–Crippen LogP) is 4.02. The molecule has 0 spiro atoms. The summed E-state index contributed by atoms with van der Waals surface area (Å²) in [5.74, 6) is 0.861. The summed E-state index contributed by atoms with van der Waals surface area (Å²) in [4.78, 5) is 27.7. The summed E-state index contributed by atoms with van der Waals surface area (Å²) < 4.78 is 1.91. The van der Waals surface area contributed by atoms with Crippen LogP contribution in [0.1, 0.15) is 41.5 Å². The van der Waals surface area contributed by atoms with Crippen LogP contribution in [0.25, 0.3) is 0 Å². The van der Waals surface area contributed by atoms with Gasteiger partial charge in [0.05, 0.1) is 0 Å². The molecular formula is C26H26N2O2. The zero-order chi connectivity index (χ0) is 20.5. The topological polar surface area (TPSA) is 42.3 Å². The molecule has 1 aromatic heterocycles. The zero-order valence-electron chi connectivity index (χ0n) is 17.0. The van der Waals surface area contributed by atoms with E-state index in [0.717, 1.165) is 25.2 Å². The number of piperidine rings is 1. The van der Waals surface area contributed by atoms with Crippen LogP contribution in [0.3, 0.4) is 0 Å². The van der Waals surface area contributed by atoms with Crippen LogP contribution in [0.2, 0.25) is 0 Å². The van der Waals surface area contributed by atoms with E-state index in [-0.39, 0.29) is 23.3 Å². The van der Waals surface area contributed by atoms with E-state index in [2.05, 4.69) is 24.3 Å². The molecule has 4 heteroatoms. The summed E-state index contributed by atoms with van der Waals surface area (Å²) >= 11 is 0. The van der Waals surface area contributed by atoms with E-state index in [0.29, 0.717) is 18.9 Å². The van der Waals surface area contributed by atoms with Gasteiger partial charge in [0.1, 0.15) is 0 Å². The van der Waals surface area contributed by atoms with Crippen LogP contribution < -0.4 is 5.56 Å². The third kappa shape index (κ3) is 3.58. The van der Waals surface area contributed by atoms with Crippen LogP contribution in [-0.4, -0.2) is 28.5 Å². The zero-order valence-corrected chi connectivity index (χ0v) is 17.0. The number of pyridine rings is 1. The van der Waals surface area contributed by atoms with Crippen molar-refractivity contribution in [3.05, 3.63) is 106 Å². The van der Waals surface area contributed by atoms with Gasteiger partial charge in [0.2, 0.25) is 5.91 Å². The minimum absolute atomic E-state index is 0.0524. The third-order valence-corrected chi connectivity index (χ3v) is 6.62. The lowest BCUT2D eigenvalue weighted by Gasteiger charge is -2.43. The monoisotopic (exact) mass is 398 g/mol. The van der Waals surface area contributed by atoms with Crippen molar-refractivity contribution >= 4 is 5.91 Å².